The van der Waals surface area contributed by atoms with E-state index in [2.05, 4.69) is 9.97 Å². The van der Waals surface area contributed by atoms with Crippen LogP contribution in [0.25, 0.3) is 11.0 Å². The lowest BCUT2D eigenvalue weighted by atomic mass is 9.66. The molecule has 3 aliphatic rings. The van der Waals surface area contributed by atoms with Crippen molar-refractivity contribution in [1.29, 1.82) is 0 Å². The first-order valence-corrected chi connectivity index (χ1v) is 11.7. The smallest absolute Gasteiger partial charge is 0.253 e. The number of nitrogens with one attached hydrogen (secondary N) is 1. The van der Waals surface area contributed by atoms with E-state index in [1.807, 2.05) is 28.0 Å². The fraction of sp³-hybridized carbons (Fsp3) is 0.625. The summed E-state index contributed by atoms with van der Waals surface area (Å²) in [6.07, 6.45) is 9.21. The third-order valence-electron chi connectivity index (χ3n) is 7.69. The van der Waals surface area contributed by atoms with E-state index in [4.69, 9.17) is 4.74 Å². The van der Waals surface area contributed by atoms with E-state index in [0.717, 1.165) is 30.5 Å². The van der Waals surface area contributed by atoms with Gasteiger partial charge in [-0.15, -0.1) is 0 Å². The second-order valence-electron chi connectivity index (χ2n) is 9.47. The minimum absolute atomic E-state index is 0.100. The summed E-state index contributed by atoms with van der Waals surface area (Å²) in [7, 11) is 0. The number of hydrogen-bond acceptors (Lipinski definition) is 4. The largest absolute Gasteiger partial charge is 0.378 e. The third-order valence-corrected chi connectivity index (χ3v) is 7.69. The Kier molecular flexibility index (Phi) is 5.69. The Morgan fingerprint density at radius 2 is 1.94 bits per heavy atom. The summed E-state index contributed by atoms with van der Waals surface area (Å²) in [6.45, 7) is 4.27. The number of H-pyrrole nitrogens is 1. The Morgan fingerprint density at radius 1 is 1.13 bits per heavy atom. The maximum atomic E-state index is 13.4. The van der Waals surface area contributed by atoms with Crippen LogP contribution in [0, 0.1) is 11.3 Å². The van der Waals surface area contributed by atoms with Gasteiger partial charge in [0.05, 0.1) is 30.6 Å². The van der Waals surface area contributed by atoms with E-state index in [-0.39, 0.29) is 17.2 Å². The molecule has 7 nitrogen and oxygen atoms in total. The van der Waals surface area contributed by atoms with Gasteiger partial charge in [-0.05, 0) is 48.8 Å². The molecule has 1 N–H and O–H groups in total. The van der Waals surface area contributed by atoms with Crippen molar-refractivity contribution >= 4 is 22.8 Å². The Morgan fingerprint density at radius 3 is 2.74 bits per heavy atom. The average molecular weight is 425 g/mol. The number of aromatic nitrogens is 2. The van der Waals surface area contributed by atoms with Crippen LogP contribution in [-0.2, 0) is 9.53 Å². The molecule has 1 atom stereocenters. The van der Waals surface area contributed by atoms with Gasteiger partial charge >= 0.3 is 0 Å². The van der Waals surface area contributed by atoms with E-state index in [1.54, 1.807) is 6.33 Å². The van der Waals surface area contributed by atoms with Gasteiger partial charge in [-0.2, -0.15) is 0 Å². The van der Waals surface area contributed by atoms with Gasteiger partial charge in [-0.1, -0.05) is 19.3 Å². The number of benzene rings is 1. The minimum atomic E-state index is 0.100. The summed E-state index contributed by atoms with van der Waals surface area (Å²) in [5, 5.41) is 0. The van der Waals surface area contributed by atoms with Gasteiger partial charge in [-0.3, -0.25) is 9.59 Å². The molecular formula is C24H32N4O3. The van der Waals surface area contributed by atoms with Crippen LogP contribution in [0.5, 0.6) is 0 Å². The quantitative estimate of drug-likeness (QED) is 0.817. The van der Waals surface area contributed by atoms with Gasteiger partial charge in [-0.25, -0.2) is 4.98 Å². The molecule has 1 aromatic carbocycles. The summed E-state index contributed by atoms with van der Waals surface area (Å²) >= 11 is 0. The number of hydrogen-bond donors (Lipinski definition) is 1. The number of carbonyl (C=O) groups is 2. The fourth-order valence-corrected chi connectivity index (χ4v) is 5.93. The standard InChI is InChI=1S/C24H32N4O3/c29-22(27-10-12-31-13-11-27)7-5-19-15-28(16-24(19)8-2-1-3-9-24)23(30)18-4-6-20-21(14-18)26-17-25-20/h4,6,14,17,19H,1-3,5,7-13,15-16H2,(H,25,26). The molecule has 31 heavy (non-hydrogen) atoms. The topological polar surface area (TPSA) is 78.5 Å². The van der Waals surface area contributed by atoms with Crippen molar-refractivity contribution in [2.24, 2.45) is 11.3 Å². The summed E-state index contributed by atoms with van der Waals surface area (Å²) < 4.78 is 5.38. The molecule has 2 aromatic rings. The first-order valence-electron chi connectivity index (χ1n) is 11.7. The molecule has 166 valence electrons. The highest BCUT2D eigenvalue weighted by atomic mass is 16.5. The Labute approximate surface area is 183 Å². The molecule has 1 aromatic heterocycles. The average Bonchev–Trinajstić information content (AvgIpc) is 3.42. The summed E-state index contributed by atoms with van der Waals surface area (Å²) in [5.74, 6) is 0.741. The summed E-state index contributed by atoms with van der Waals surface area (Å²) in [5.41, 5.74) is 2.66. The lowest BCUT2D eigenvalue weighted by molar-refractivity contribution is -0.135. The van der Waals surface area contributed by atoms with Gasteiger partial charge in [0, 0.05) is 38.2 Å². The highest BCUT2D eigenvalue weighted by molar-refractivity contribution is 5.97. The molecule has 2 aliphatic heterocycles. The molecule has 5 rings (SSSR count). The van der Waals surface area contributed by atoms with Crippen molar-refractivity contribution in [3.63, 3.8) is 0 Å². The van der Waals surface area contributed by atoms with Gasteiger partial charge in [0.1, 0.15) is 0 Å². The molecule has 1 unspecified atom stereocenters. The zero-order valence-corrected chi connectivity index (χ0v) is 18.1. The molecule has 2 saturated heterocycles. The minimum Gasteiger partial charge on any atom is -0.378 e. The van der Waals surface area contributed by atoms with Crippen LogP contribution in [0.15, 0.2) is 24.5 Å². The van der Waals surface area contributed by atoms with Gasteiger partial charge in [0.25, 0.3) is 5.91 Å². The van der Waals surface area contributed by atoms with E-state index in [1.165, 1.54) is 32.1 Å². The van der Waals surface area contributed by atoms with Crippen LogP contribution in [0.4, 0.5) is 0 Å². The zero-order valence-electron chi connectivity index (χ0n) is 18.1. The Bertz CT molecular complexity index is 943. The van der Waals surface area contributed by atoms with Crippen molar-refractivity contribution in [2.75, 3.05) is 39.4 Å². The number of fused-ring (bicyclic) bond motifs is 1. The summed E-state index contributed by atoms with van der Waals surface area (Å²) in [4.78, 5) is 37.5. The van der Waals surface area contributed by atoms with Crippen molar-refractivity contribution in [3.05, 3.63) is 30.1 Å². The molecule has 0 radical (unpaired) electrons. The van der Waals surface area contributed by atoms with Crippen LogP contribution >= 0.6 is 0 Å². The number of morpholine rings is 1. The van der Waals surface area contributed by atoms with Gasteiger partial charge in [0.2, 0.25) is 5.91 Å². The van der Waals surface area contributed by atoms with Crippen molar-refractivity contribution in [3.8, 4) is 0 Å². The Balaban J connectivity index is 1.29. The van der Waals surface area contributed by atoms with E-state index >= 15 is 0 Å². The van der Waals surface area contributed by atoms with E-state index in [9.17, 15) is 9.59 Å². The first kappa shape index (κ1) is 20.5. The number of carbonyl (C=O) groups excluding carboxylic acids is 2. The zero-order chi connectivity index (χ0) is 21.3. The van der Waals surface area contributed by atoms with Crippen LogP contribution in [0.2, 0.25) is 0 Å². The van der Waals surface area contributed by atoms with Crippen molar-refractivity contribution in [1.82, 2.24) is 19.8 Å². The molecular weight excluding hydrogens is 392 g/mol. The second-order valence-corrected chi connectivity index (χ2v) is 9.47. The number of ether oxygens (including phenoxy) is 1. The molecule has 1 saturated carbocycles. The first-order chi connectivity index (χ1) is 15.1. The Hall–Kier alpha value is -2.41. The van der Waals surface area contributed by atoms with Crippen LogP contribution in [0.1, 0.15) is 55.3 Å². The number of aromatic amines is 1. The predicted octanol–water partition coefficient (Wildman–Crippen LogP) is 3.22. The fourth-order valence-electron chi connectivity index (χ4n) is 5.93. The molecule has 2 amide bonds. The predicted molar refractivity (Wildman–Crippen MR) is 118 cm³/mol. The van der Waals surface area contributed by atoms with Crippen molar-refractivity contribution in [2.45, 2.75) is 44.9 Å². The number of likely N-dealkylation sites (tertiary alicyclic amines) is 1. The van der Waals surface area contributed by atoms with Crippen LogP contribution in [0.3, 0.4) is 0 Å². The molecule has 3 fully saturated rings. The van der Waals surface area contributed by atoms with Crippen molar-refractivity contribution < 1.29 is 14.3 Å². The molecule has 0 bridgehead atoms. The van der Waals surface area contributed by atoms with Crippen LogP contribution < -0.4 is 0 Å². The van der Waals surface area contributed by atoms with Gasteiger partial charge < -0.3 is 19.5 Å². The van der Waals surface area contributed by atoms with E-state index in [0.29, 0.717) is 44.2 Å². The maximum absolute atomic E-state index is 13.4. The molecule has 1 spiro atoms. The third kappa shape index (κ3) is 4.07. The van der Waals surface area contributed by atoms with Crippen LogP contribution in [-0.4, -0.2) is 71.0 Å². The maximum Gasteiger partial charge on any atom is 0.253 e. The second kappa shape index (κ2) is 8.61. The lowest BCUT2D eigenvalue weighted by Gasteiger charge is -2.38. The normalized spacial score (nSPS) is 23.5. The molecule has 7 heteroatoms. The van der Waals surface area contributed by atoms with E-state index < -0.39 is 0 Å². The molecule has 1 aliphatic carbocycles. The number of nitrogens with zero attached hydrogens (tertiary/aromatic N) is 3. The monoisotopic (exact) mass is 424 g/mol. The number of amides is 2. The van der Waals surface area contributed by atoms with Gasteiger partial charge in [0.15, 0.2) is 0 Å². The number of rotatable bonds is 4. The lowest BCUT2D eigenvalue weighted by Crippen LogP contribution is -2.41. The highest BCUT2D eigenvalue weighted by Gasteiger charge is 2.48. The SMILES string of the molecule is O=C(CCC1CN(C(=O)c2ccc3nc[nH]c3c2)CC12CCCCC2)N1CCOCC1. The summed E-state index contributed by atoms with van der Waals surface area (Å²) in [6, 6.07) is 5.70. The highest BCUT2D eigenvalue weighted by Crippen LogP contribution is 2.49. The number of imidazole rings is 1. The molecule has 3 heterocycles.